The van der Waals surface area contributed by atoms with Crippen molar-refractivity contribution in [1.29, 1.82) is 0 Å². The van der Waals surface area contributed by atoms with Crippen LogP contribution in [0.2, 0.25) is 0 Å². The highest BCUT2D eigenvalue weighted by molar-refractivity contribution is 7.89. The molecule has 1 aliphatic carbocycles. The summed E-state index contributed by atoms with van der Waals surface area (Å²) >= 11 is 0. The van der Waals surface area contributed by atoms with Crippen molar-refractivity contribution in [1.82, 2.24) is 9.73 Å². The molecule has 0 heterocycles. The molecule has 1 aliphatic rings. The SMILES string of the molecule is Cc1cc(C)c(S(=O)(=O)N(CC(=O)N/N=C/c2cccc(O)c2)C2CCCCC2)c(C)c1. The first kappa shape index (κ1) is 23.9. The lowest BCUT2D eigenvalue weighted by molar-refractivity contribution is -0.121. The van der Waals surface area contributed by atoms with E-state index in [1.54, 1.807) is 26.0 Å². The fraction of sp³-hybridized carbons (Fsp3) is 0.417. The zero-order valence-corrected chi connectivity index (χ0v) is 19.7. The van der Waals surface area contributed by atoms with Gasteiger partial charge in [0.25, 0.3) is 5.91 Å². The largest absolute Gasteiger partial charge is 0.508 e. The minimum atomic E-state index is -3.87. The third-order valence-electron chi connectivity index (χ3n) is 5.73. The lowest BCUT2D eigenvalue weighted by atomic mass is 9.95. The number of hydrogen-bond donors (Lipinski definition) is 2. The molecular formula is C24H31N3O4S. The number of aryl methyl sites for hydroxylation is 3. The normalized spacial score (nSPS) is 15.4. The second kappa shape index (κ2) is 10.3. The molecule has 1 amide bonds. The molecule has 0 spiro atoms. The van der Waals surface area contributed by atoms with Crippen molar-refractivity contribution in [2.24, 2.45) is 5.10 Å². The van der Waals surface area contributed by atoms with Crippen molar-refractivity contribution in [3.8, 4) is 5.75 Å². The lowest BCUT2D eigenvalue weighted by Crippen LogP contribution is -2.46. The topological polar surface area (TPSA) is 99.1 Å². The van der Waals surface area contributed by atoms with Crippen LogP contribution in [0, 0.1) is 20.8 Å². The predicted octanol–water partition coefficient (Wildman–Crippen LogP) is 3.79. The van der Waals surface area contributed by atoms with Crippen LogP contribution in [0.3, 0.4) is 0 Å². The molecule has 172 valence electrons. The van der Waals surface area contributed by atoms with Crippen LogP contribution < -0.4 is 5.43 Å². The second-order valence-electron chi connectivity index (χ2n) is 8.46. The molecule has 0 aromatic heterocycles. The maximum absolute atomic E-state index is 13.7. The molecule has 7 nitrogen and oxygen atoms in total. The summed E-state index contributed by atoms with van der Waals surface area (Å²) in [6.45, 7) is 5.24. The maximum atomic E-state index is 13.7. The minimum absolute atomic E-state index is 0.0960. The summed E-state index contributed by atoms with van der Waals surface area (Å²) in [6.07, 6.45) is 5.85. The van der Waals surface area contributed by atoms with Crippen LogP contribution >= 0.6 is 0 Å². The van der Waals surface area contributed by atoms with Gasteiger partial charge in [0.05, 0.1) is 17.7 Å². The number of hydrazone groups is 1. The molecule has 0 saturated heterocycles. The quantitative estimate of drug-likeness (QED) is 0.488. The predicted molar refractivity (Wildman–Crippen MR) is 125 cm³/mol. The molecule has 2 aromatic carbocycles. The molecule has 2 aromatic rings. The van der Waals surface area contributed by atoms with Gasteiger partial charge in [-0.05, 0) is 62.4 Å². The van der Waals surface area contributed by atoms with E-state index in [4.69, 9.17) is 0 Å². The average Bonchev–Trinajstić information content (AvgIpc) is 2.71. The summed E-state index contributed by atoms with van der Waals surface area (Å²) in [4.78, 5) is 13.0. The molecule has 8 heteroatoms. The first-order valence-corrected chi connectivity index (χ1v) is 12.3. The smallest absolute Gasteiger partial charge is 0.255 e. The molecule has 32 heavy (non-hydrogen) atoms. The highest BCUT2D eigenvalue weighted by Crippen LogP contribution is 2.31. The fourth-order valence-electron chi connectivity index (χ4n) is 4.43. The molecule has 1 fully saturated rings. The van der Waals surface area contributed by atoms with Gasteiger partial charge in [0.1, 0.15) is 5.75 Å². The van der Waals surface area contributed by atoms with Crippen molar-refractivity contribution in [2.45, 2.75) is 63.8 Å². The van der Waals surface area contributed by atoms with E-state index in [1.807, 2.05) is 19.1 Å². The Morgan fingerprint density at radius 1 is 1.12 bits per heavy atom. The van der Waals surface area contributed by atoms with Gasteiger partial charge in [0, 0.05) is 6.04 Å². The van der Waals surface area contributed by atoms with E-state index in [-0.39, 0.29) is 23.2 Å². The van der Waals surface area contributed by atoms with E-state index in [2.05, 4.69) is 10.5 Å². The number of benzene rings is 2. The molecule has 1 saturated carbocycles. The number of amides is 1. The number of phenols is 1. The Morgan fingerprint density at radius 2 is 1.78 bits per heavy atom. The van der Waals surface area contributed by atoms with E-state index < -0.39 is 15.9 Å². The van der Waals surface area contributed by atoms with Crippen LogP contribution in [-0.4, -0.2) is 42.5 Å². The van der Waals surface area contributed by atoms with Crippen molar-refractivity contribution in [2.75, 3.05) is 6.54 Å². The molecule has 2 N–H and O–H groups in total. The second-order valence-corrected chi connectivity index (χ2v) is 10.3. The first-order valence-electron chi connectivity index (χ1n) is 10.9. The Labute approximate surface area is 190 Å². The number of phenolic OH excluding ortho intramolecular Hbond substituents is 1. The summed E-state index contributed by atoms with van der Waals surface area (Å²) in [5.74, 6) is -0.406. The van der Waals surface area contributed by atoms with Gasteiger partial charge in [0.15, 0.2) is 0 Å². The van der Waals surface area contributed by atoms with Gasteiger partial charge in [-0.3, -0.25) is 4.79 Å². The molecule has 0 radical (unpaired) electrons. The van der Waals surface area contributed by atoms with Crippen molar-refractivity contribution in [3.63, 3.8) is 0 Å². The number of nitrogens with one attached hydrogen (secondary N) is 1. The standard InChI is InChI=1S/C24H31N3O4S/c1-17-12-18(2)24(19(3)13-17)32(30,31)27(21-9-5-4-6-10-21)16-23(29)26-25-15-20-8-7-11-22(28)14-20/h7-8,11-15,21,28H,4-6,9-10,16H2,1-3H3,(H,26,29)/b25-15+. The number of sulfonamides is 1. The molecule has 0 unspecified atom stereocenters. The maximum Gasteiger partial charge on any atom is 0.255 e. The summed E-state index contributed by atoms with van der Waals surface area (Å²) in [5, 5.41) is 13.4. The third kappa shape index (κ3) is 5.75. The molecule has 0 aliphatic heterocycles. The Hall–Kier alpha value is -2.71. The number of carbonyl (C=O) groups is 1. The monoisotopic (exact) mass is 457 g/mol. The molecular weight excluding hydrogens is 426 g/mol. The van der Waals surface area contributed by atoms with E-state index in [0.29, 0.717) is 16.7 Å². The first-order chi connectivity index (χ1) is 15.2. The van der Waals surface area contributed by atoms with Crippen LogP contribution in [0.4, 0.5) is 0 Å². The zero-order valence-electron chi connectivity index (χ0n) is 18.8. The Balaban J connectivity index is 1.84. The highest BCUT2D eigenvalue weighted by Gasteiger charge is 2.35. The Morgan fingerprint density at radius 3 is 2.41 bits per heavy atom. The molecule has 0 atom stereocenters. The fourth-order valence-corrected chi connectivity index (χ4v) is 6.49. The van der Waals surface area contributed by atoms with Crippen LogP contribution in [0.1, 0.15) is 54.4 Å². The Kier molecular flexibility index (Phi) is 7.69. The van der Waals surface area contributed by atoms with E-state index in [0.717, 1.165) is 37.7 Å². The minimum Gasteiger partial charge on any atom is -0.508 e. The Bertz CT molecular complexity index is 1080. The zero-order chi connectivity index (χ0) is 23.3. The highest BCUT2D eigenvalue weighted by atomic mass is 32.2. The van der Waals surface area contributed by atoms with Gasteiger partial charge in [-0.25, -0.2) is 13.8 Å². The summed E-state index contributed by atoms with van der Waals surface area (Å²) < 4.78 is 28.8. The van der Waals surface area contributed by atoms with Crippen LogP contribution in [0.5, 0.6) is 5.75 Å². The van der Waals surface area contributed by atoms with Crippen molar-refractivity contribution < 1.29 is 18.3 Å². The van der Waals surface area contributed by atoms with Gasteiger partial charge in [-0.15, -0.1) is 0 Å². The number of carbonyl (C=O) groups excluding carboxylic acids is 1. The molecule has 0 bridgehead atoms. The number of aromatic hydroxyl groups is 1. The number of rotatable bonds is 7. The number of hydrogen-bond acceptors (Lipinski definition) is 5. The number of nitrogens with zero attached hydrogens (tertiary/aromatic N) is 2. The van der Waals surface area contributed by atoms with Crippen LogP contribution in [0.15, 0.2) is 46.4 Å². The van der Waals surface area contributed by atoms with Crippen molar-refractivity contribution >= 4 is 22.1 Å². The lowest BCUT2D eigenvalue weighted by Gasteiger charge is -2.33. The van der Waals surface area contributed by atoms with Crippen LogP contribution in [-0.2, 0) is 14.8 Å². The third-order valence-corrected chi connectivity index (χ3v) is 7.93. The average molecular weight is 458 g/mol. The van der Waals surface area contributed by atoms with Gasteiger partial charge in [-0.1, -0.05) is 49.1 Å². The van der Waals surface area contributed by atoms with Gasteiger partial charge < -0.3 is 5.11 Å². The summed E-state index contributed by atoms with van der Waals surface area (Å²) in [7, 11) is -3.87. The summed E-state index contributed by atoms with van der Waals surface area (Å²) in [6, 6.07) is 9.96. The van der Waals surface area contributed by atoms with Crippen molar-refractivity contribution in [3.05, 3.63) is 58.7 Å². The summed E-state index contributed by atoms with van der Waals surface area (Å²) in [5.41, 5.74) is 5.42. The van der Waals surface area contributed by atoms with Gasteiger partial charge in [0.2, 0.25) is 10.0 Å². The van der Waals surface area contributed by atoms with E-state index in [1.165, 1.54) is 22.7 Å². The molecule has 3 rings (SSSR count). The van der Waals surface area contributed by atoms with E-state index >= 15 is 0 Å². The van der Waals surface area contributed by atoms with Crippen LogP contribution in [0.25, 0.3) is 0 Å². The van der Waals surface area contributed by atoms with Gasteiger partial charge in [-0.2, -0.15) is 9.41 Å². The van der Waals surface area contributed by atoms with Gasteiger partial charge >= 0.3 is 0 Å². The van der Waals surface area contributed by atoms with E-state index in [9.17, 15) is 18.3 Å².